The minimum Gasteiger partial charge on any atom is -0.493 e. The number of carbonyl (C=O) groups excluding carboxylic acids is 1. The first-order valence-corrected chi connectivity index (χ1v) is 11.8. The second-order valence-corrected chi connectivity index (χ2v) is 8.28. The van der Waals surface area contributed by atoms with Crippen molar-refractivity contribution in [3.8, 4) is 23.1 Å². The van der Waals surface area contributed by atoms with Crippen LogP contribution in [0.1, 0.15) is 6.42 Å². The first-order chi connectivity index (χ1) is 17.2. The van der Waals surface area contributed by atoms with Crippen LogP contribution in [0.3, 0.4) is 0 Å². The second kappa shape index (κ2) is 11.9. The number of hydrogen-bond donors (Lipinski definition) is 1. The molecule has 35 heavy (non-hydrogen) atoms. The highest BCUT2D eigenvalue weighted by Crippen LogP contribution is 2.35. The number of rotatable bonds is 10. The van der Waals surface area contributed by atoms with Crippen LogP contribution in [0, 0.1) is 0 Å². The Balaban J connectivity index is 1.29. The number of hydrogen-bond acceptors (Lipinski definition) is 9. The number of nitrogens with one attached hydrogen (secondary N) is 1. The molecule has 4 aromatic rings. The predicted molar refractivity (Wildman–Crippen MR) is 134 cm³/mol. The molecular weight excluding hydrogens is 468 g/mol. The van der Waals surface area contributed by atoms with Crippen molar-refractivity contribution >= 4 is 34.4 Å². The highest BCUT2D eigenvalue weighted by atomic mass is 32.2. The summed E-state index contributed by atoms with van der Waals surface area (Å²) in [5, 5.41) is 4.34. The van der Waals surface area contributed by atoms with Crippen LogP contribution in [0.4, 0.5) is 10.5 Å². The third-order valence-electron chi connectivity index (χ3n) is 4.83. The third-order valence-corrected chi connectivity index (χ3v) is 5.86. The van der Waals surface area contributed by atoms with Crippen molar-refractivity contribution in [1.29, 1.82) is 0 Å². The van der Waals surface area contributed by atoms with Gasteiger partial charge in [-0.1, -0.05) is 6.07 Å². The van der Waals surface area contributed by atoms with Crippen LogP contribution in [-0.2, 0) is 4.74 Å². The van der Waals surface area contributed by atoms with E-state index in [4.69, 9.17) is 18.9 Å². The number of fused-ring (bicyclic) bond motifs is 1. The highest BCUT2D eigenvalue weighted by Gasteiger charge is 2.13. The number of nitrogens with zero attached hydrogens (tertiary/aromatic N) is 3. The van der Waals surface area contributed by atoms with Gasteiger partial charge in [-0.2, -0.15) is 0 Å². The summed E-state index contributed by atoms with van der Waals surface area (Å²) in [6.07, 6.45) is 3.40. The van der Waals surface area contributed by atoms with E-state index in [9.17, 15) is 4.79 Å². The molecule has 0 aliphatic rings. The molecule has 2 aromatic carbocycles. The minimum absolute atomic E-state index is 0.321. The van der Waals surface area contributed by atoms with Gasteiger partial charge in [-0.15, -0.1) is 11.8 Å². The summed E-state index contributed by atoms with van der Waals surface area (Å²) < 4.78 is 21.9. The van der Waals surface area contributed by atoms with E-state index in [1.54, 1.807) is 68.6 Å². The van der Waals surface area contributed by atoms with Crippen molar-refractivity contribution in [2.24, 2.45) is 0 Å². The van der Waals surface area contributed by atoms with E-state index in [2.05, 4.69) is 20.3 Å². The predicted octanol–water partition coefficient (Wildman–Crippen LogP) is 5.57. The molecule has 2 heterocycles. The van der Waals surface area contributed by atoms with Crippen LogP contribution in [0.15, 0.2) is 72.1 Å². The molecule has 1 amide bonds. The number of ether oxygens (including phenoxy) is 4. The van der Waals surface area contributed by atoms with Gasteiger partial charge in [0.25, 0.3) is 0 Å². The van der Waals surface area contributed by atoms with Crippen LogP contribution < -0.4 is 19.5 Å². The number of thioether (sulfide) groups is 1. The number of carbonyl (C=O) groups is 1. The Labute approximate surface area is 206 Å². The van der Waals surface area contributed by atoms with Crippen LogP contribution in [0.2, 0.25) is 0 Å². The first-order valence-electron chi connectivity index (χ1n) is 10.8. The maximum absolute atomic E-state index is 12.1. The van der Waals surface area contributed by atoms with Gasteiger partial charge in [0.05, 0.1) is 36.8 Å². The summed E-state index contributed by atoms with van der Waals surface area (Å²) in [6.45, 7) is 0.321. The van der Waals surface area contributed by atoms with E-state index in [0.717, 1.165) is 17.2 Å². The Bertz CT molecular complexity index is 1270. The van der Waals surface area contributed by atoms with E-state index >= 15 is 0 Å². The Morgan fingerprint density at radius 3 is 2.51 bits per heavy atom. The normalized spacial score (nSPS) is 10.6. The summed E-state index contributed by atoms with van der Waals surface area (Å²) >= 11 is 1.62. The molecule has 0 unspecified atom stereocenters. The van der Waals surface area contributed by atoms with Crippen molar-refractivity contribution in [2.75, 3.05) is 31.9 Å². The Kier molecular flexibility index (Phi) is 8.18. The zero-order chi connectivity index (χ0) is 24.5. The third kappa shape index (κ3) is 6.51. The maximum atomic E-state index is 12.1. The van der Waals surface area contributed by atoms with E-state index in [1.807, 2.05) is 18.2 Å². The van der Waals surface area contributed by atoms with Gasteiger partial charge >= 0.3 is 6.09 Å². The van der Waals surface area contributed by atoms with E-state index < -0.39 is 6.09 Å². The van der Waals surface area contributed by atoms with E-state index in [-0.39, 0.29) is 0 Å². The fourth-order valence-electron chi connectivity index (χ4n) is 3.15. The number of amides is 1. The molecule has 9 nitrogen and oxygen atoms in total. The Morgan fingerprint density at radius 2 is 1.77 bits per heavy atom. The SMILES string of the molecule is COc1cc2ncnc(Oc3ccc(NC(=O)OCCCSc4ccccn4)cc3)c2cc1OC. The zero-order valence-electron chi connectivity index (χ0n) is 19.3. The molecule has 0 spiro atoms. The highest BCUT2D eigenvalue weighted by molar-refractivity contribution is 7.99. The van der Waals surface area contributed by atoms with Crippen molar-refractivity contribution in [3.63, 3.8) is 0 Å². The summed E-state index contributed by atoms with van der Waals surface area (Å²) in [6, 6.07) is 16.2. The second-order valence-electron chi connectivity index (χ2n) is 7.16. The van der Waals surface area contributed by atoms with Gasteiger partial charge in [0, 0.05) is 23.7 Å². The molecule has 1 N–H and O–H groups in total. The largest absolute Gasteiger partial charge is 0.493 e. The smallest absolute Gasteiger partial charge is 0.411 e. The molecular formula is C25H24N4O5S. The molecule has 0 saturated carbocycles. The molecule has 0 saturated heterocycles. The zero-order valence-corrected chi connectivity index (χ0v) is 20.1. The molecule has 0 aliphatic heterocycles. The monoisotopic (exact) mass is 492 g/mol. The molecule has 0 fully saturated rings. The lowest BCUT2D eigenvalue weighted by molar-refractivity contribution is 0.162. The minimum atomic E-state index is -0.510. The van der Waals surface area contributed by atoms with Crippen LogP contribution in [0.5, 0.6) is 23.1 Å². The molecule has 180 valence electrons. The average molecular weight is 493 g/mol. The molecule has 2 aromatic heterocycles. The van der Waals surface area contributed by atoms with Crippen molar-refractivity contribution in [3.05, 3.63) is 67.1 Å². The molecule has 0 atom stereocenters. The van der Waals surface area contributed by atoms with Crippen molar-refractivity contribution < 1.29 is 23.7 Å². The van der Waals surface area contributed by atoms with Crippen LogP contribution in [0.25, 0.3) is 10.9 Å². The van der Waals surface area contributed by atoms with Crippen molar-refractivity contribution in [2.45, 2.75) is 11.4 Å². The maximum Gasteiger partial charge on any atom is 0.411 e. The standard InChI is InChI=1S/C25H24N4O5S/c1-31-21-14-19-20(15-22(21)32-2)27-16-28-24(19)34-18-9-7-17(8-10-18)29-25(30)33-12-5-13-35-23-6-3-4-11-26-23/h3-4,6-11,14-16H,5,12-13H2,1-2H3,(H,29,30). The molecule has 0 radical (unpaired) electrons. The number of pyridine rings is 1. The molecule has 0 bridgehead atoms. The van der Waals surface area contributed by atoms with Gasteiger partial charge in [-0.25, -0.2) is 19.7 Å². The number of anilines is 1. The topological polar surface area (TPSA) is 105 Å². The summed E-state index contributed by atoms with van der Waals surface area (Å²) in [5.41, 5.74) is 1.25. The first kappa shape index (κ1) is 24.1. The lowest BCUT2D eigenvalue weighted by Crippen LogP contribution is -2.14. The number of methoxy groups -OCH3 is 2. The Hall–Kier alpha value is -4.05. The lowest BCUT2D eigenvalue weighted by Gasteiger charge is -2.12. The summed E-state index contributed by atoms with van der Waals surface area (Å²) in [7, 11) is 3.13. The fourth-order valence-corrected chi connectivity index (χ4v) is 3.93. The van der Waals surface area contributed by atoms with Gasteiger partial charge in [0.2, 0.25) is 5.88 Å². The van der Waals surface area contributed by atoms with Gasteiger partial charge in [-0.05, 0) is 48.9 Å². The van der Waals surface area contributed by atoms with Gasteiger partial charge < -0.3 is 18.9 Å². The van der Waals surface area contributed by atoms with Crippen LogP contribution >= 0.6 is 11.8 Å². The number of aromatic nitrogens is 3. The molecule has 10 heteroatoms. The molecule has 4 rings (SSSR count). The van der Waals surface area contributed by atoms with Gasteiger partial charge in [0.1, 0.15) is 12.1 Å². The summed E-state index contributed by atoms with van der Waals surface area (Å²) in [5.74, 6) is 2.85. The molecule has 0 aliphatic carbocycles. The van der Waals surface area contributed by atoms with Crippen molar-refractivity contribution in [1.82, 2.24) is 15.0 Å². The van der Waals surface area contributed by atoms with Gasteiger partial charge in [0.15, 0.2) is 11.5 Å². The number of benzene rings is 2. The average Bonchev–Trinajstić information content (AvgIpc) is 2.89. The quantitative estimate of drug-likeness (QED) is 0.225. The van der Waals surface area contributed by atoms with Crippen LogP contribution in [-0.4, -0.2) is 47.6 Å². The lowest BCUT2D eigenvalue weighted by atomic mass is 10.2. The van der Waals surface area contributed by atoms with E-state index in [1.165, 1.54) is 6.33 Å². The fraction of sp³-hybridized carbons (Fsp3) is 0.200. The van der Waals surface area contributed by atoms with E-state index in [0.29, 0.717) is 46.3 Å². The van der Waals surface area contributed by atoms with Gasteiger partial charge in [-0.3, -0.25) is 5.32 Å². The Morgan fingerprint density at radius 1 is 0.971 bits per heavy atom. The summed E-state index contributed by atoms with van der Waals surface area (Å²) in [4.78, 5) is 24.8.